The van der Waals surface area contributed by atoms with E-state index in [0.29, 0.717) is 5.56 Å². The Hall–Kier alpha value is -2.02. The molecule has 1 atom stereocenters. The summed E-state index contributed by atoms with van der Waals surface area (Å²) in [4.78, 5) is 13.3. The fraction of sp³-hybridized carbons (Fsp3) is 0.385. The van der Waals surface area contributed by atoms with Gasteiger partial charge in [-0.2, -0.15) is 5.26 Å². The number of likely N-dealkylation sites (N-methyl/N-ethyl adjacent to an activating group) is 1. The number of nitrogens with one attached hydrogen (secondary N) is 1. The molecular formula is C13H17N3O. The maximum atomic E-state index is 11.7. The highest BCUT2D eigenvalue weighted by Gasteiger charge is 2.15. The van der Waals surface area contributed by atoms with Crippen molar-refractivity contribution < 1.29 is 4.79 Å². The van der Waals surface area contributed by atoms with Gasteiger partial charge in [-0.15, -0.1) is 0 Å². The number of carbonyl (C=O) groups is 1. The number of nitrogens with zero attached hydrogens (tertiary/aromatic N) is 2. The third-order valence-electron chi connectivity index (χ3n) is 2.55. The smallest absolute Gasteiger partial charge is 0.244 e. The first kappa shape index (κ1) is 13.0. The van der Waals surface area contributed by atoms with Crippen LogP contribution in [-0.4, -0.2) is 30.9 Å². The number of aryl methyl sites for hydroxylation is 1. The van der Waals surface area contributed by atoms with Crippen molar-refractivity contribution in [1.29, 1.82) is 5.26 Å². The van der Waals surface area contributed by atoms with Gasteiger partial charge in [0.15, 0.2) is 0 Å². The van der Waals surface area contributed by atoms with Crippen LogP contribution < -0.4 is 5.32 Å². The summed E-state index contributed by atoms with van der Waals surface area (Å²) in [6.45, 7) is 3.75. The van der Waals surface area contributed by atoms with Gasteiger partial charge in [0.2, 0.25) is 5.91 Å². The van der Waals surface area contributed by atoms with Gasteiger partial charge in [-0.3, -0.25) is 4.79 Å². The lowest BCUT2D eigenvalue weighted by molar-refractivity contribution is -0.129. The van der Waals surface area contributed by atoms with E-state index in [1.54, 1.807) is 38.1 Å². The Kier molecular flexibility index (Phi) is 4.11. The van der Waals surface area contributed by atoms with Gasteiger partial charge in [-0.1, -0.05) is 6.07 Å². The molecule has 90 valence electrons. The molecule has 1 unspecified atom stereocenters. The van der Waals surface area contributed by atoms with Gasteiger partial charge >= 0.3 is 0 Å². The maximum absolute atomic E-state index is 11.7. The SMILES string of the molecule is Cc1ccc(C#N)cc1NC(C)C(=O)N(C)C. The summed E-state index contributed by atoms with van der Waals surface area (Å²) in [6.07, 6.45) is 0. The molecule has 17 heavy (non-hydrogen) atoms. The van der Waals surface area contributed by atoms with E-state index >= 15 is 0 Å². The highest BCUT2D eigenvalue weighted by Crippen LogP contribution is 2.17. The predicted molar refractivity (Wildman–Crippen MR) is 67.7 cm³/mol. The van der Waals surface area contributed by atoms with Gasteiger partial charge in [-0.05, 0) is 31.5 Å². The fourth-order valence-electron chi connectivity index (χ4n) is 1.53. The minimum atomic E-state index is -0.308. The van der Waals surface area contributed by atoms with Gasteiger partial charge in [0, 0.05) is 19.8 Å². The molecule has 0 aliphatic heterocycles. The van der Waals surface area contributed by atoms with Gasteiger partial charge in [-0.25, -0.2) is 0 Å². The number of hydrogen-bond acceptors (Lipinski definition) is 3. The topological polar surface area (TPSA) is 56.1 Å². The molecule has 1 rings (SSSR count). The monoisotopic (exact) mass is 231 g/mol. The number of nitriles is 1. The third-order valence-corrected chi connectivity index (χ3v) is 2.55. The number of rotatable bonds is 3. The summed E-state index contributed by atoms with van der Waals surface area (Å²) < 4.78 is 0. The summed E-state index contributed by atoms with van der Waals surface area (Å²) in [5, 5.41) is 12.0. The van der Waals surface area contributed by atoms with Crippen molar-refractivity contribution in [1.82, 2.24) is 4.90 Å². The van der Waals surface area contributed by atoms with Crippen LogP contribution in [0.1, 0.15) is 18.1 Å². The quantitative estimate of drug-likeness (QED) is 0.862. The lowest BCUT2D eigenvalue weighted by atomic mass is 10.1. The average Bonchev–Trinajstić information content (AvgIpc) is 2.30. The maximum Gasteiger partial charge on any atom is 0.244 e. The standard InChI is InChI=1S/C13H17N3O/c1-9-5-6-11(8-14)7-12(9)15-10(2)13(17)16(3)4/h5-7,10,15H,1-4H3. The Balaban J connectivity index is 2.88. The van der Waals surface area contributed by atoms with Gasteiger partial charge in [0.1, 0.15) is 6.04 Å². The van der Waals surface area contributed by atoms with Gasteiger partial charge in [0.05, 0.1) is 11.6 Å². The normalized spacial score (nSPS) is 11.5. The second-order valence-electron chi connectivity index (χ2n) is 4.24. The first-order valence-electron chi connectivity index (χ1n) is 5.44. The molecule has 1 aromatic rings. The molecule has 0 saturated carbocycles. The molecule has 1 aromatic carbocycles. The largest absolute Gasteiger partial charge is 0.374 e. The zero-order chi connectivity index (χ0) is 13.0. The van der Waals surface area contributed by atoms with Gasteiger partial charge in [0.25, 0.3) is 0 Å². The van der Waals surface area contributed by atoms with Crippen molar-refractivity contribution in [2.24, 2.45) is 0 Å². The zero-order valence-electron chi connectivity index (χ0n) is 10.6. The van der Waals surface area contributed by atoms with E-state index in [1.807, 2.05) is 13.0 Å². The van der Waals surface area contributed by atoms with Crippen LogP contribution in [0.4, 0.5) is 5.69 Å². The summed E-state index contributed by atoms with van der Waals surface area (Å²) in [7, 11) is 3.44. The van der Waals surface area contributed by atoms with E-state index in [-0.39, 0.29) is 11.9 Å². The Morgan fingerprint density at radius 3 is 2.65 bits per heavy atom. The van der Waals surface area contributed by atoms with Crippen LogP contribution in [0, 0.1) is 18.3 Å². The van der Waals surface area contributed by atoms with Crippen LogP contribution in [0.5, 0.6) is 0 Å². The number of anilines is 1. The Bertz CT molecular complexity index is 460. The summed E-state index contributed by atoms with van der Waals surface area (Å²) in [5.41, 5.74) is 2.43. The number of amides is 1. The number of benzene rings is 1. The van der Waals surface area contributed by atoms with E-state index in [9.17, 15) is 4.79 Å². The molecule has 4 nitrogen and oxygen atoms in total. The zero-order valence-corrected chi connectivity index (χ0v) is 10.6. The first-order valence-corrected chi connectivity index (χ1v) is 5.44. The van der Waals surface area contributed by atoms with Crippen LogP contribution in [0.2, 0.25) is 0 Å². The predicted octanol–water partition coefficient (Wildman–Crippen LogP) is 1.76. The fourth-order valence-corrected chi connectivity index (χ4v) is 1.53. The second-order valence-corrected chi connectivity index (χ2v) is 4.24. The van der Waals surface area contributed by atoms with Crippen molar-refractivity contribution in [3.05, 3.63) is 29.3 Å². The second kappa shape index (κ2) is 5.35. The molecular weight excluding hydrogens is 214 g/mol. The summed E-state index contributed by atoms with van der Waals surface area (Å²) in [6, 6.07) is 7.17. The van der Waals surface area contributed by atoms with Crippen molar-refractivity contribution in [2.75, 3.05) is 19.4 Å². The molecule has 0 heterocycles. The molecule has 1 amide bonds. The van der Waals surface area contributed by atoms with E-state index in [4.69, 9.17) is 5.26 Å². The molecule has 0 fully saturated rings. The van der Waals surface area contributed by atoms with Crippen LogP contribution >= 0.6 is 0 Å². The van der Waals surface area contributed by atoms with Crippen LogP contribution in [0.15, 0.2) is 18.2 Å². The van der Waals surface area contributed by atoms with Crippen molar-refractivity contribution in [2.45, 2.75) is 19.9 Å². The van der Waals surface area contributed by atoms with Crippen molar-refractivity contribution in [3.8, 4) is 6.07 Å². The molecule has 4 heteroatoms. The van der Waals surface area contributed by atoms with Crippen molar-refractivity contribution >= 4 is 11.6 Å². The highest BCUT2D eigenvalue weighted by atomic mass is 16.2. The highest BCUT2D eigenvalue weighted by molar-refractivity contribution is 5.84. The van der Waals surface area contributed by atoms with E-state index < -0.39 is 0 Å². The lowest BCUT2D eigenvalue weighted by Crippen LogP contribution is -2.36. The number of carbonyl (C=O) groups excluding carboxylic acids is 1. The molecule has 0 saturated heterocycles. The lowest BCUT2D eigenvalue weighted by Gasteiger charge is -2.20. The first-order chi connectivity index (χ1) is 7.95. The molecule has 0 aromatic heterocycles. The summed E-state index contributed by atoms with van der Waals surface area (Å²) in [5.74, 6) is 0.00626. The van der Waals surface area contributed by atoms with Crippen LogP contribution in [0.25, 0.3) is 0 Å². The Morgan fingerprint density at radius 1 is 1.47 bits per heavy atom. The molecule has 1 N–H and O–H groups in total. The molecule has 0 bridgehead atoms. The van der Waals surface area contributed by atoms with E-state index in [2.05, 4.69) is 11.4 Å². The van der Waals surface area contributed by atoms with E-state index in [0.717, 1.165) is 11.3 Å². The van der Waals surface area contributed by atoms with Crippen molar-refractivity contribution in [3.63, 3.8) is 0 Å². The number of hydrogen-bond donors (Lipinski definition) is 1. The Morgan fingerprint density at radius 2 is 2.12 bits per heavy atom. The molecule has 0 radical (unpaired) electrons. The minimum absolute atomic E-state index is 0.00626. The van der Waals surface area contributed by atoms with Crippen LogP contribution in [-0.2, 0) is 4.79 Å². The third kappa shape index (κ3) is 3.22. The minimum Gasteiger partial charge on any atom is -0.374 e. The molecule has 0 aliphatic carbocycles. The van der Waals surface area contributed by atoms with Gasteiger partial charge < -0.3 is 10.2 Å². The van der Waals surface area contributed by atoms with Crippen LogP contribution in [0.3, 0.4) is 0 Å². The Labute approximate surface area is 102 Å². The molecule has 0 aliphatic rings. The molecule has 0 spiro atoms. The van der Waals surface area contributed by atoms with E-state index in [1.165, 1.54) is 0 Å². The average molecular weight is 231 g/mol. The summed E-state index contributed by atoms with van der Waals surface area (Å²) >= 11 is 0.